The molecule has 9 heteroatoms. The molecule has 2 aromatic carbocycles. The molecule has 1 amide bonds. The lowest BCUT2D eigenvalue weighted by atomic mass is 10.0. The zero-order valence-corrected chi connectivity index (χ0v) is 18.2. The number of benzene rings is 2. The lowest BCUT2D eigenvalue weighted by Crippen LogP contribution is -2.27. The number of nitrogens with zero attached hydrogens (tertiary/aromatic N) is 1. The van der Waals surface area contributed by atoms with Gasteiger partial charge in [0.2, 0.25) is 0 Å². The molecule has 2 N–H and O–H groups in total. The molecule has 0 aliphatic rings. The minimum absolute atomic E-state index is 0.0635. The molecular weight excluding hydrogens is 441 g/mol. The molecule has 0 radical (unpaired) electrons. The molecule has 0 saturated carbocycles. The predicted octanol–water partition coefficient (Wildman–Crippen LogP) is 4.42. The van der Waals surface area contributed by atoms with Crippen molar-refractivity contribution in [2.24, 2.45) is 0 Å². The summed E-state index contributed by atoms with van der Waals surface area (Å²) in [4.78, 5) is 16.8. The van der Waals surface area contributed by atoms with Crippen LogP contribution in [0.4, 0.5) is 13.2 Å². The molecule has 0 fully saturated rings. The molecule has 5 nitrogen and oxygen atoms in total. The van der Waals surface area contributed by atoms with Crippen molar-refractivity contribution in [3.8, 4) is 5.75 Å². The van der Waals surface area contributed by atoms with Crippen LogP contribution in [0.25, 0.3) is 0 Å². The average molecular weight is 462 g/mol. The highest BCUT2D eigenvalue weighted by atomic mass is 32.2. The number of ether oxygens (including phenoxy) is 1. The number of thioether (sulfide) groups is 1. The smallest absolute Gasteiger partial charge is 0.269 e. The van der Waals surface area contributed by atoms with Crippen molar-refractivity contribution in [1.29, 1.82) is 0 Å². The van der Waals surface area contributed by atoms with Gasteiger partial charge < -0.3 is 15.2 Å². The van der Waals surface area contributed by atoms with Crippen LogP contribution >= 0.6 is 11.8 Å². The minimum atomic E-state index is -0.763. The van der Waals surface area contributed by atoms with E-state index < -0.39 is 28.6 Å². The van der Waals surface area contributed by atoms with Crippen molar-refractivity contribution in [2.75, 3.05) is 20.3 Å². The standard InChI is InChI=1S/C23H21F3N2O3S/c1-13-9-20(23(30)27-7-8-29)28-12-17(13)22(16-10-14(24)3-5-18(16)25)32-15-4-6-21(31-2)19(26)11-15/h3-6,9-12,22,29H,7-8H2,1-2H3,(H,27,30). The number of pyridine rings is 1. The maximum Gasteiger partial charge on any atom is 0.269 e. The van der Waals surface area contributed by atoms with Gasteiger partial charge in [0, 0.05) is 23.2 Å². The van der Waals surface area contributed by atoms with Crippen LogP contribution in [-0.4, -0.2) is 36.3 Å². The SMILES string of the molecule is COc1ccc(SC(c2cnc(C(=O)NCCO)cc2C)c2cc(F)ccc2F)cc1F. The van der Waals surface area contributed by atoms with E-state index in [0.717, 1.165) is 30.0 Å². The van der Waals surface area contributed by atoms with Gasteiger partial charge in [-0.2, -0.15) is 0 Å². The Morgan fingerprint density at radius 1 is 1.12 bits per heavy atom. The third-order valence-electron chi connectivity index (χ3n) is 4.68. The number of hydrogen-bond acceptors (Lipinski definition) is 5. The Kier molecular flexibility index (Phi) is 7.76. The van der Waals surface area contributed by atoms with Crippen molar-refractivity contribution in [2.45, 2.75) is 17.1 Å². The van der Waals surface area contributed by atoms with Crippen molar-refractivity contribution < 1.29 is 27.8 Å². The van der Waals surface area contributed by atoms with Crippen LogP contribution in [0.1, 0.15) is 32.4 Å². The quantitative estimate of drug-likeness (QED) is 0.485. The van der Waals surface area contributed by atoms with Gasteiger partial charge in [0.05, 0.1) is 19.0 Å². The molecule has 168 valence electrons. The second kappa shape index (κ2) is 10.5. The highest BCUT2D eigenvalue weighted by Gasteiger charge is 2.24. The molecule has 3 aromatic rings. The fourth-order valence-corrected chi connectivity index (χ4v) is 4.36. The summed E-state index contributed by atoms with van der Waals surface area (Å²) in [5, 5.41) is 10.6. The molecule has 3 rings (SSSR count). The monoisotopic (exact) mass is 462 g/mol. The number of amides is 1. The van der Waals surface area contributed by atoms with Gasteiger partial charge in [-0.3, -0.25) is 9.78 Å². The highest BCUT2D eigenvalue weighted by Crippen LogP contribution is 2.43. The van der Waals surface area contributed by atoms with Gasteiger partial charge in [0.15, 0.2) is 11.6 Å². The number of rotatable bonds is 8. The fourth-order valence-electron chi connectivity index (χ4n) is 3.09. The molecule has 1 heterocycles. The molecule has 0 bridgehead atoms. The van der Waals surface area contributed by atoms with Crippen LogP contribution in [0.2, 0.25) is 0 Å². The molecule has 0 aliphatic carbocycles. The summed E-state index contributed by atoms with van der Waals surface area (Å²) in [5.41, 5.74) is 1.34. The second-order valence-corrected chi connectivity index (χ2v) is 8.04. The number of aliphatic hydroxyl groups is 1. The van der Waals surface area contributed by atoms with Crippen LogP contribution in [0.5, 0.6) is 5.75 Å². The number of hydrogen-bond donors (Lipinski definition) is 2. The zero-order chi connectivity index (χ0) is 23.3. The number of carbonyl (C=O) groups is 1. The third-order valence-corrected chi connectivity index (χ3v) is 5.95. The number of halogens is 3. The first-order valence-corrected chi connectivity index (χ1v) is 10.5. The Bertz CT molecular complexity index is 1130. The number of carbonyl (C=O) groups excluding carboxylic acids is 1. The number of aromatic nitrogens is 1. The Hall–Kier alpha value is -3.04. The van der Waals surface area contributed by atoms with E-state index in [2.05, 4.69) is 10.3 Å². The molecule has 0 saturated heterocycles. The number of aliphatic hydroxyl groups excluding tert-OH is 1. The number of nitrogens with one attached hydrogen (secondary N) is 1. The summed E-state index contributed by atoms with van der Waals surface area (Å²) < 4.78 is 47.8. The second-order valence-electron chi connectivity index (χ2n) is 6.87. The lowest BCUT2D eigenvalue weighted by molar-refractivity contribution is 0.0939. The topological polar surface area (TPSA) is 71.5 Å². The zero-order valence-electron chi connectivity index (χ0n) is 17.4. The molecule has 1 unspecified atom stereocenters. The number of methoxy groups -OCH3 is 1. The van der Waals surface area contributed by atoms with Crippen LogP contribution in [0.15, 0.2) is 53.6 Å². The molecule has 0 aliphatic heterocycles. The van der Waals surface area contributed by atoms with Crippen molar-refractivity contribution in [1.82, 2.24) is 10.3 Å². The summed E-state index contributed by atoms with van der Waals surface area (Å²) in [6, 6.07) is 9.01. The molecule has 0 spiro atoms. The summed E-state index contributed by atoms with van der Waals surface area (Å²) >= 11 is 1.12. The summed E-state index contributed by atoms with van der Waals surface area (Å²) in [6.07, 6.45) is 1.42. The van der Waals surface area contributed by atoms with Gasteiger partial charge in [-0.25, -0.2) is 13.2 Å². The number of aryl methyl sites for hydroxylation is 1. The molecule has 1 aromatic heterocycles. The van der Waals surface area contributed by atoms with E-state index in [9.17, 15) is 18.0 Å². The van der Waals surface area contributed by atoms with Gasteiger partial charge in [-0.15, -0.1) is 11.8 Å². The van der Waals surface area contributed by atoms with E-state index in [0.29, 0.717) is 16.0 Å². The third kappa shape index (κ3) is 5.41. The van der Waals surface area contributed by atoms with Crippen LogP contribution < -0.4 is 10.1 Å². The minimum Gasteiger partial charge on any atom is -0.494 e. The Morgan fingerprint density at radius 3 is 2.56 bits per heavy atom. The van der Waals surface area contributed by atoms with Crippen LogP contribution in [0.3, 0.4) is 0 Å². The first-order valence-electron chi connectivity index (χ1n) is 9.64. The largest absolute Gasteiger partial charge is 0.494 e. The predicted molar refractivity (Wildman–Crippen MR) is 115 cm³/mol. The van der Waals surface area contributed by atoms with E-state index in [4.69, 9.17) is 9.84 Å². The van der Waals surface area contributed by atoms with Gasteiger partial charge in [0.1, 0.15) is 17.3 Å². The summed E-state index contributed by atoms with van der Waals surface area (Å²) in [6.45, 7) is 1.59. The average Bonchev–Trinajstić information content (AvgIpc) is 2.78. The summed E-state index contributed by atoms with van der Waals surface area (Å²) in [7, 11) is 1.35. The van der Waals surface area contributed by atoms with Gasteiger partial charge >= 0.3 is 0 Å². The van der Waals surface area contributed by atoms with Crippen LogP contribution in [0, 0.1) is 24.4 Å². The van der Waals surface area contributed by atoms with Crippen molar-refractivity contribution in [3.63, 3.8) is 0 Å². The van der Waals surface area contributed by atoms with E-state index in [-0.39, 0.29) is 30.2 Å². The van der Waals surface area contributed by atoms with E-state index in [1.54, 1.807) is 13.0 Å². The van der Waals surface area contributed by atoms with E-state index >= 15 is 0 Å². The van der Waals surface area contributed by atoms with E-state index in [1.165, 1.54) is 31.5 Å². The highest BCUT2D eigenvalue weighted by molar-refractivity contribution is 7.99. The molecule has 32 heavy (non-hydrogen) atoms. The normalized spacial score (nSPS) is 11.8. The Labute approximate surface area is 187 Å². The maximum absolute atomic E-state index is 14.7. The fraction of sp³-hybridized carbons (Fsp3) is 0.217. The summed E-state index contributed by atoms with van der Waals surface area (Å²) in [5.74, 6) is -2.21. The lowest BCUT2D eigenvalue weighted by Gasteiger charge is -2.21. The Balaban J connectivity index is 2.04. The first kappa shape index (κ1) is 23.6. The van der Waals surface area contributed by atoms with E-state index in [1.807, 2.05) is 0 Å². The van der Waals surface area contributed by atoms with Crippen molar-refractivity contribution in [3.05, 3.63) is 88.5 Å². The van der Waals surface area contributed by atoms with Crippen molar-refractivity contribution >= 4 is 17.7 Å². The van der Waals surface area contributed by atoms with Crippen LogP contribution in [-0.2, 0) is 0 Å². The molecular formula is C23H21F3N2O3S. The van der Waals surface area contributed by atoms with Gasteiger partial charge in [0.25, 0.3) is 5.91 Å². The molecule has 1 atom stereocenters. The first-order chi connectivity index (χ1) is 15.3. The Morgan fingerprint density at radius 2 is 1.91 bits per heavy atom. The van der Waals surface area contributed by atoms with Gasteiger partial charge in [-0.05, 0) is 60.5 Å². The van der Waals surface area contributed by atoms with Gasteiger partial charge in [-0.1, -0.05) is 0 Å². The maximum atomic E-state index is 14.7.